The molecule has 3 heterocycles. The lowest BCUT2D eigenvalue weighted by Crippen LogP contribution is -2.41. The molecule has 2 aromatic rings. The van der Waals surface area contributed by atoms with Crippen LogP contribution in [0.3, 0.4) is 0 Å². The minimum atomic E-state index is -0.217. The van der Waals surface area contributed by atoms with Crippen LogP contribution >= 0.6 is 0 Å². The van der Waals surface area contributed by atoms with Crippen molar-refractivity contribution in [2.45, 2.75) is 57.7 Å². The Morgan fingerprint density at radius 3 is 2.66 bits per heavy atom. The Labute approximate surface area is 172 Å². The number of aliphatic hydroxyl groups is 1. The minimum Gasteiger partial charge on any atom is -0.393 e. The summed E-state index contributed by atoms with van der Waals surface area (Å²) in [4.78, 5) is 17.4. The lowest BCUT2D eigenvalue weighted by Gasteiger charge is -2.34. The Morgan fingerprint density at radius 1 is 1.10 bits per heavy atom. The number of likely N-dealkylation sites (tertiary alicyclic amines) is 1. The van der Waals surface area contributed by atoms with Crippen LogP contribution in [0, 0.1) is 0 Å². The van der Waals surface area contributed by atoms with Gasteiger partial charge in [0, 0.05) is 32.2 Å². The van der Waals surface area contributed by atoms with Crippen LogP contribution in [0.25, 0.3) is 0 Å². The summed E-state index contributed by atoms with van der Waals surface area (Å²) in [6.45, 7) is 6.59. The van der Waals surface area contributed by atoms with E-state index in [4.69, 9.17) is 0 Å². The number of aliphatic hydroxyl groups excluding tert-OH is 1. The molecule has 1 aromatic carbocycles. The molecule has 2 aliphatic rings. The van der Waals surface area contributed by atoms with Crippen LogP contribution < -0.4 is 10.5 Å². The summed E-state index contributed by atoms with van der Waals surface area (Å²) in [5, 5.41) is 14.2. The first kappa shape index (κ1) is 20.1. The Morgan fingerprint density at radius 2 is 1.90 bits per heavy atom. The largest absolute Gasteiger partial charge is 0.393 e. The molecule has 2 aliphatic heterocycles. The number of benzene rings is 1. The van der Waals surface area contributed by atoms with Crippen molar-refractivity contribution in [3.05, 3.63) is 58.0 Å². The number of hydrogen-bond donors (Lipinski definition) is 1. The minimum absolute atomic E-state index is 0.0200. The average Bonchev–Trinajstić information content (AvgIpc) is 2.74. The molecule has 1 atom stereocenters. The Hall–Kier alpha value is -2.18. The van der Waals surface area contributed by atoms with Crippen molar-refractivity contribution in [1.29, 1.82) is 0 Å². The van der Waals surface area contributed by atoms with Crippen molar-refractivity contribution >= 4 is 5.69 Å². The molecule has 0 saturated carbocycles. The second-order valence-corrected chi connectivity index (χ2v) is 8.42. The van der Waals surface area contributed by atoms with Crippen LogP contribution in [0.15, 0.2) is 41.3 Å². The monoisotopic (exact) mass is 396 g/mol. The van der Waals surface area contributed by atoms with Gasteiger partial charge in [0.05, 0.1) is 24.0 Å². The topological polar surface area (TPSA) is 61.6 Å². The maximum absolute atomic E-state index is 12.8. The van der Waals surface area contributed by atoms with E-state index in [-0.39, 0.29) is 17.7 Å². The second-order valence-electron chi connectivity index (χ2n) is 8.42. The molecule has 1 unspecified atom stereocenters. The fourth-order valence-corrected chi connectivity index (χ4v) is 4.56. The van der Waals surface area contributed by atoms with Gasteiger partial charge in [-0.2, -0.15) is 5.10 Å². The number of anilines is 1. The fraction of sp³-hybridized carbons (Fsp3) is 0.565. The number of piperidine rings is 2. The van der Waals surface area contributed by atoms with Gasteiger partial charge in [0.2, 0.25) is 0 Å². The molecule has 0 spiro atoms. The van der Waals surface area contributed by atoms with Crippen molar-refractivity contribution in [1.82, 2.24) is 14.7 Å². The van der Waals surface area contributed by atoms with Crippen LogP contribution in [0.1, 0.15) is 49.8 Å². The Kier molecular flexibility index (Phi) is 6.31. The van der Waals surface area contributed by atoms with E-state index in [1.54, 1.807) is 10.7 Å². The maximum atomic E-state index is 12.8. The third-order valence-corrected chi connectivity index (χ3v) is 6.27. The van der Waals surface area contributed by atoms with Crippen LogP contribution in [0.5, 0.6) is 0 Å². The summed E-state index contributed by atoms with van der Waals surface area (Å²) < 4.78 is 1.68. The molecule has 156 valence electrons. The van der Waals surface area contributed by atoms with Gasteiger partial charge in [0.1, 0.15) is 0 Å². The zero-order valence-electron chi connectivity index (χ0n) is 17.3. The summed E-state index contributed by atoms with van der Waals surface area (Å²) >= 11 is 0. The predicted molar refractivity (Wildman–Crippen MR) is 115 cm³/mol. The van der Waals surface area contributed by atoms with Crippen LogP contribution in [-0.2, 0) is 13.0 Å². The zero-order chi connectivity index (χ0) is 20.2. The van der Waals surface area contributed by atoms with Gasteiger partial charge in [-0.05, 0) is 49.8 Å². The summed E-state index contributed by atoms with van der Waals surface area (Å²) in [5.74, 6) is 0. The summed E-state index contributed by atoms with van der Waals surface area (Å²) in [7, 11) is 0. The molecule has 2 saturated heterocycles. The van der Waals surface area contributed by atoms with Gasteiger partial charge in [-0.3, -0.25) is 9.69 Å². The quantitative estimate of drug-likeness (QED) is 0.842. The summed E-state index contributed by atoms with van der Waals surface area (Å²) in [5.41, 5.74) is 3.57. The van der Waals surface area contributed by atoms with E-state index in [2.05, 4.69) is 46.1 Å². The van der Waals surface area contributed by atoms with Crippen molar-refractivity contribution in [2.75, 3.05) is 31.1 Å². The normalized spacial score (nSPS) is 21.4. The van der Waals surface area contributed by atoms with E-state index >= 15 is 0 Å². The van der Waals surface area contributed by atoms with Gasteiger partial charge in [-0.15, -0.1) is 0 Å². The van der Waals surface area contributed by atoms with E-state index in [0.717, 1.165) is 70.5 Å². The van der Waals surface area contributed by atoms with Gasteiger partial charge < -0.3 is 10.0 Å². The van der Waals surface area contributed by atoms with E-state index in [1.165, 1.54) is 11.1 Å². The molecular weight excluding hydrogens is 364 g/mol. The smallest absolute Gasteiger partial charge is 0.269 e. The molecule has 29 heavy (non-hydrogen) atoms. The van der Waals surface area contributed by atoms with Crippen LogP contribution in [0.4, 0.5) is 5.69 Å². The molecule has 6 heteroatoms. The summed E-state index contributed by atoms with van der Waals surface area (Å²) in [6.07, 6.45) is 6.23. The zero-order valence-corrected chi connectivity index (χ0v) is 17.3. The van der Waals surface area contributed by atoms with Crippen LogP contribution in [-0.4, -0.2) is 52.1 Å². The molecular formula is C23H32N4O2. The third kappa shape index (κ3) is 4.87. The van der Waals surface area contributed by atoms with Crippen molar-refractivity contribution in [3.63, 3.8) is 0 Å². The summed E-state index contributed by atoms with van der Waals surface area (Å²) in [6, 6.07) is 10.6. The molecule has 0 bridgehead atoms. The number of aryl methyl sites for hydroxylation is 1. The molecule has 1 N–H and O–H groups in total. The molecule has 0 radical (unpaired) electrons. The maximum Gasteiger partial charge on any atom is 0.269 e. The highest BCUT2D eigenvalue weighted by molar-refractivity contribution is 5.43. The second kappa shape index (κ2) is 9.09. The Balaban J connectivity index is 1.43. The van der Waals surface area contributed by atoms with Gasteiger partial charge in [0.15, 0.2) is 0 Å². The average molecular weight is 397 g/mol. The van der Waals surface area contributed by atoms with E-state index in [0.29, 0.717) is 0 Å². The van der Waals surface area contributed by atoms with Gasteiger partial charge in [-0.1, -0.05) is 31.2 Å². The fourth-order valence-electron chi connectivity index (χ4n) is 4.56. The number of nitrogens with zero attached hydrogens (tertiary/aromatic N) is 4. The number of hydrogen-bond acceptors (Lipinski definition) is 5. The van der Waals surface area contributed by atoms with Crippen molar-refractivity contribution in [3.8, 4) is 0 Å². The SMILES string of the molecule is CCc1cccc(CN2CCCC(n3ncc(N4CCC(O)CC4)cc3=O)C2)c1. The number of rotatable bonds is 5. The van der Waals surface area contributed by atoms with E-state index in [1.807, 2.05) is 6.20 Å². The third-order valence-electron chi connectivity index (χ3n) is 6.27. The van der Waals surface area contributed by atoms with Gasteiger partial charge >= 0.3 is 0 Å². The van der Waals surface area contributed by atoms with Gasteiger partial charge in [0.25, 0.3) is 5.56 Å². The highest BCUT2D eigenvalue weighted by Crippen LogP contribution is 2.23. The van der Waals surface area contributed by atoms with Crippen LogP contribution in [0.2, 0.25) is 0 Å². The molecule has 0 amide bonds. The van der Waals surface area contributed by atoms with E-state index < -0.39 is 0 Å². The predicted octanol–water partition coefficient (Wildman–Crippen LogP) is 2.60. The van der Waals surface area contributed by atoms with Crippen molar-refractivity contribution < 1.29 is 5.11 Å². The first-order valence-corrected chi connectivity index (χ1v) is 10.9. The highest BCUT2D eigenvalue weighted by Gasteiger charge is 2.24. The molecule has 0 aliphatic carbocycles. The van der Waals surface area contributed by atoms with Crippen molar-refractivity contribution in [2.24, 2.45) is 0 Å². The highest BCUT2D eigenvalue weighted by atomic mass is 16.3. The van der Waals surface area contributed by atoms with E-state index in [9.17, 15) is 9.90 Å². The molecule has 2 fully saturated rings. The molecule has 6 nitrogen and oxygen atoms in total. The standard InChI is InChI=1S/C23H32N4O2/c1-2-18-5-3-6-19(13-18)16-25-10-4-7-20(17-25)27-23(29)14-21(15-24-27)26-11-8-22(28)9-12-26/h3,5-6,13-15,20,22,28H,2,4,7-12,16-17H2,1H3. The lowest BCUT2D eigenvalue weighted by molar-refractivity contribution is 0.145. The first-order valence-electron chi connectivity index (χ1n) is 10.9. The Bertz CT molecular complexity index is 873. The molecule has 1 aromatic heterocycles. The van der Waals surface area contributed by atoms with Gasteiger partial charge in [-0.25, -0.2) is 4.68 Å². The first-order chi connectivity index (χ1) is 14.1. The molecule has 4 rings (SSSR count). The number of aromatic nitrogens is 2. The lowest BCUT2D eigenvalue weighted by atomic mass is 10.0.